The van der Waals surface area contributed by atoms with E-state index >= 15 is 0 Å². The number of hydrogen-bond donors (Lipinski definition) is 1. The molecule has 108 valence electrons. The van der Waals surface area contributed by atoms with Crippen LogP contribution in [0.15, 0.2) is 40.2 Å². The van der Waals surface area contributed by atoms with Crippen LogP contribution in [0.3, 0.4) is 0 Å². The summed E-state index contributed by atoms with van der Waals surface area (Å²) >= 11 is 1.80. The summed E-state index contributed by atoms with van der Waals surface area (Å²) in [6, 6.07) is 9.17. The molecule has 0 saturated heterocycles. The fourth-order valence-corrected chi connectivity index (χ4v) is 5.31. The van der Waals surface area contributed by atoms with Crippen molar-refractivity contribution >= 4 is 27.2 Å². The van der Waals surface area contributed by atoms with Gasteiger partial charge in [0.1, 0.15) is 5.84 Å². The van der Waals surface area contributed by atoms with Crippen molar-refractivity contribution in [2.24, 2.45) is 4.99 Å². The van der Waals surface area contributed by atoms with Crippen LogP contribution in [0.1, 0.15) is 27.3 Å². The van der Waals surface area contributed by atoms with Crippen molar-refractivity contribution in [2.75, 3.05) is 0 Å². The number of aryl methyl sites for hydroxylation is 2. The first-order valence-electron chi connectivity index (χ1n) is 6.91. The monoisotopic (exact) mass is 318 g/mol. The highest BCUT2D eigenvalue weighted by atomic mass is 32.2. The lowest BCUT2D eigenvalue weighted by Gasteiger charge is -1.98. The number of nitrogens with one attached hydrogen (secondary N) is 1. The molecule has 6 heteroatoms. The Labute approximate surface area is 127 Å². The van der Waals surface area contributed by atoms with Crippen molar-refractivity contribution in [3.05, 3.63) is 51.2 Å². The standard InChI is InChI=1S/C15H14N2O2S2/c18-21(19)14-7-2-1-5-12(14)15(17-21)16-9-11-8-10-4-3-6-13(10)20-11/h1-2,5,7-8H,3-4,6,9H2,(H,16,17). The van der Waals surface area contributed by atoms with Crippen LogP contribution in [-0.2, 0) is 29.4 Å². The molecule has 1 aliphatic carbocycles. The Morgan fingerprint density at radius 3 is 2.95 bits per heavy atom. The zero-order chi connectivity index (χ0) is 14.4. The average molecular weight is 318 g/mol. The highest BCUT2D eigenvalue weighted by molar-refractivity contribution is 7.90. The van der Waals surface area contributed by atoms with Gasteiger partial charge in [-0.15, -0.1) is 11.3 Å². The third-order valence-corrected chi connectivity index (χ3v) is 6.47. The van der Waals surface area contributed by atoms with Gasteiger partial charge in [-0.25, -0.2) is 8.42 Å². The summed E-state index contributed by atoms with van der Waals surface area (Å²) in [7, 11) is -3.43. The normalized spacial score (nSPS) is 20.3. The van der Waals surface area contributed by atoms with Gasteiger partial charge >= 0.3 is 0 Å². The van der Waals surface area contributed by atoms with Crippen LogP contribution in [0.5, 0.6) is 0 Å². The molecular formula is C15H14N2O2S2. The van der Waals surface area contributed by atoms with E-state index in [1.807, 2.05) is 6.07 Å². The number of fused-ring (bicyclic) bond motifs is 2. The number of sulfonamides is 1. The summed E-state index contributed by atoms with van der Waals surface area (Å²) in [5.41, 5.74) is 2.12. The smallest absolute Gasteiger partial charge is 0.263 e. The zero-order valence-corrected chi connectivity index (χ0v) is 12.9. The van der Waals surface area contributed by atoms with E-state index in [2.05, 4.69) is 15.8 Å². The lowest BCUT2D eigenvalue weighted by atomic mass is 10.2. The van der Waals surface area contributed by atoms with Gasteiger partial charge in [-0.1, -0.05) is 12.1 Å². The highest BCUT2D eigenvalue weighted by Crippen LogP contribution is 2.31. The van der Waals surface area contributed by atoms with Gasteiger partial charge in [0.2, 0.25) is 0 Å². The molecule has 4 nitrogen and oxygen atoms in total. The van der Waals surface area contributed by atoms with Crippen LogP contribution >= 0.6 is 11.3 Å². The second-order valence-corrected chi connectivity index (χ2v) is 8.15. The van der Waals surface area contributed by atoms with Gasteiger partial charge in [-0.3, -0.25) is 9.71 Å². The predicted octanol–water partition coefficient (Wildman–Crippen LogP) is 2.48. The third-order valence-electron chi connectivity index (χ3n) is 3.85. The van der Waals surface area contributed by atoms with Gasteiger partial charge in [0.25, 0.3) is 10.0 Å². The number of amidine groups is 1. The minimum absolute atomic E-state index is 0.317. The quantitative estimate of drug-likeness (QED) is 0.925. The van der Waals surface area contributed by atoms with Crippen molar-refractivity contribution in [1.29, 1.82) is 0 Å². The minimum atomic E-state index is -3.43. The van der Waals surface area contributed by atoms with Gasteiger partial charge in [-0.2, -0.15) is 0 Å². The molecule has 4 rings (SSSR count). The van der Waals surface area contributed by atoms with E-state index in [9.17, 15) is 8.42 Å². The summed E-state index contributed by atoms with van der Waals surface area (Å²) in [6.45, 7) is 0.532. The molecule has 0 saturated carbocycles. The van der Waals surface area contributed by atoms with Crippen LogP contribution in [-0.4, -0.2) is 14.3 Å². The first-order chi connectivity index (χ1) is 10.1. The molecule has 0 bridgehead atoms. The molecule has 0 radical (unpaired) electrons. The maximum atomic E-state index is 12.0. The second-order valence-electron chi connectivity index (χ2n) is 5.28. The third kappa shape index (κ3) is 2.18. The van der Waals surface area contributed by atoms with Gasteiger partial charge in [-0.05, 0) is 43.0 Å². The fourth-order valence-electron chi connectivity index (χ4n) is 2.88. The molecule has 2 heterocycles. The van der Waals surface area contributed by atoms with E-state index in [0.29, 0.717) is 22.8 Å². The summed E-state index contributed by atoms with van der Waals surface area (Å²) < 4.78 is 26.5. The molecule has 1 N–H and O–H groups in total. The molecular weight excluding hydrogens is 304 g/mol. The molecule has 0 fully saturated rings. The Balaban J connectivity index is 1.65. The van der Waals surface area contributed by atoms with Crippen LogP contribution in [0, 0.1) is 0 Å². The van der Waals surface area contributed by atoms with Crippen molar-refractivity contribution < 1.29 is 8.42 Å². The maximum absolute atomic E-state index is 12.0. The number of nitrogens with zero attached hydrogens (tertiary/aromatic N) is 1. The summed E-state index contributed by atoms with van der Waals surface area (Å²) in [4.78, 5) is 7.47. The average Bonchev–Trinajstić information content (AvgIpc) is 3.10. The zero-order valence-electron chi connectivity index (χ0n) is 11.3. The number of benzene rings is 1. The topological polar surface area (TPSA) is 58.5 Å². The predicted molar refractivity (Wildman–Crippen MR) is 83.3 cm³/mol. The minimum Gasteiger partial charge on any atom is -0.263 e. The molecule has 2 aromatic rings. The van der Waals surface area contributed by atoms with Crippen LogP contribution in [0.25, 0.3) is 0 Å². The second kappa shape index (κ2) is 4.68. The molecule has 2 aliphatic rings. The Bertz CT molecular complexity index is 829. The van der Waals surface area contributed by atoms with E-state index in [0.717, 1.165) is 6.42 Å². The first-order valence-corrected chi connectivity index (χ1v) is 9.20. The lowest BCUT2D eigenvalue weighted by molar-refractivity contribution is 0.595. The number of hydrogen-bond acceptors (Lipinski definition) is 4. The SMILES string of the molecule is O=S1(=O)NC(=NCc2cc3c(s2)CCC3)c2ccccc21. The van der Waals surface area contributed by atoms with E-state index in [4.69, 9.17) is 0 Å². The van der Waals surface area contributed by atoms with Crippen molar-refractivity contribution in [3.63, 3.8) is 0 Å². The molecule has 1 aromatic heterocycles. The van der Waals surface area contributed by atoms with Gasteiger partial charge < -0.3 is 0 Å². The lowest BCUT2D eigenvalue weighted by Crippen LogP contribution is -2.22. The molecule has 1 aromatic carbocycles. The van der Waals surface area contributed by atoms with E-state index in [1.165, 1.54) is 28.2 Å². The van der Waals surface area contributed by atoms with Gasteiger partial charge in [0.15, 0.2) is 0 Å². The number of rotatable bonds is 2. The first kappa shape index (κ1) is 13.0. The van der Waals surface area contributed by atoms with Gasteiger partial charge in [0, 0.05) is 15.3 Å². The van der Waals surface area contributed by atoms with E-state index < -0.39 is 10.0 Å². The van der Waals surface area contributed by atoms with Crippen molar-refractivity contribution in [1.82, 2.24) is 4.72 Å². The van der Waals surface area contributed by atoms with Crippen LogP contribution < -0.4 is 4.72 Å². The van der Waals surface area contributed by atoms with Crippen molar-refractivity contribution in [3.8, 4) is 0 Å². The molecule has 0 atom stereocenters. The summed E-state index contributed by atoms with van der Waals surface area (Å²) in [6.07, 6.45) is 3.59. The summed E-state index contributed by atoms with van der Waals surface area (Å²) in [5.74, 6) is 0.458. The van der Waals surface area contributed by atoms with Crippen molar-refractivity contribution in [2.45, 2.75) is 30.7 Å². The number of thiophene rings is 1. The highest BCUT2D eigenvalue weighted by Gasteiger charge is 2.30. The Morgan fingerprint density at radius 1 is 1.24 bits per heavy atom. The number of aliphatic imine (C=N–C) groups is 1. The Hall–Kier alpha value is -1.66. The largest absolute Gasteiger partial charge is 0.263 e. The van der Waals surface area contributed by atoms with Gasteiger partial charge in [0.05, 0.1) is 11.4 Å². The Morgan fingerprint density at radius 2 is 2.10 bits per heavy atom. The fraction of sp³-hybridized carbons (Fsp3) is 0.267. The van der Waals surface area contributed by atoms with E-state index in [-0.39, 0.29) is 0 Å². The maximum Gasteiger partial charge on any atom is 0.263 e. The Kier molecular flexibility index (Phi) is 2.90. The molecule has 0 unspecified atom stereocenters. The summed E-state index contributed by atoms with van der Waals surface area (Å²) in [5, 5.41) is 0. The molecule has 0 spiro atoms. The van der Waals surface area contributed by atoms with E-state index in [1.54, 1.807) is 29.5 Å². The van der Waals surface area contributed by atoms with Crippen LogP contribution in [0.4, 0.5) is 0 Å². The molecule has 0 amide bonds. The van der Waals surface area contributed by atoms with Crippen LogP contribution in [0.2, 0.25) is 0 Å². The molecule has 21 heavy (non-hydrogen) atoms. The molecule has 1 aliphatic heterocycles.